The second-order valence-corrected chi connectivity index (χ2v) is 7.79. The third kappa shape index (κ3) is 2.36. The van der Waals surface area contributed by atoms with Gasteiger partial charge in [-0.1, -0.05) is 0 Å². The first-order valence-electron chi connectivity index (χ1n) is 6.42. The largest absolute Gasteiger partial charge is 0.390 e. The topological polar surface area (TPSA) is 69.6 Å². The SMILES string of the molecule is O=S1(=O)CC(O)C(N2CCC3CCC(C2)N3)C1. The van der Waals surface area contributed by atoms with Gasteiger partial charge < -0.3 is 10.4 Å². The normalized spacial score (nSPS) is 45.9. The highest BCUT2D eigenvalue weighted by atomic mass is 32.2. The monoisotopic (exact) mass is 260 g/mol. The van der Waals surface area contributed by atoms with Crippen molar-refractivity contribution in [2.45, 2.75) is 43.5 Å². The molecular formula is C11H20N2O3S. The van der Waals surface area contributed by atoms with Crippen LogP contribution in [0.5, 0.6) is 0 Å². The lowest BCUT2D eigenvalue weighted by Crippen LogP contribution is -2.47. The predicted molar refractivity (Wildman–Crippen MR) is 64.6 cm³/mol. The van der Waals surface area contributed by atoms with Crippen molar-refractivity contribution < 1.29 is 13.5 Å². The standard InChI is InChI=1S/C11H20N2O3S/c14-11-7-17(15,16)6-10(11)13-4-3-8-1-2-9(5-13)12-8/h8-12,14H,1-7H2. The van der Waals surface area contributed by atoms with E-state index in [4.69, 9.17) is 0 Å². The van der Waals surface area contributed by atoms with Gasteiger partial charge in [0.15, 0.2) is 9.84 Å². The van der Waals surface area contributed by atoms with Crippen LogP contribution in [0.3, 0.4) is 0 Å². The molecule has 17 heavy (non-hydrogen) atoms. The Hall–Kier alpha value is -0.170. The molecule has 0 saturated carbocycles. The summed E-state index contributed by atoms with van der Waals surface area (Å²) in [6.45, 7) is 1.79. The quantitative estimate of drug-likeness (QED) is 0.631. The lowest BCUT2D eigenvalue weighted by atomic mass is 10.1. The van der Waals surface area contributed by atoms with Crippen LogP contribution >= 0.6 is 0 Å². The maximum Gasteiger partial charge on any atom is 0.154 e. The molecule has 0 aliphatic carbocycles. The van der Waals surface area contributed by atoms with Crippen LogP contribution in [0.2, 0.25) is 0 Å². The molecule has 3 heterocycles. The first-order valence-corrected chi connectivity index (χ1v) is 8.24. The number of nitrogens with zero attached hydrogens (tertiary/aromatic N) is 1. The molecule has 4 atom stereocenters. The molecule has 6 heteroatoms. The molecule has 2 N–H and O–H groups in total. The average molecular weight is 260 g/mol. The summed E-state index contributed by atoms with van der Waals surface area (Å²) in [7, 11) is -3.03. The molecule has 3 aliphatic heterocycles. The fraction of sp³-hybridized carbons (Fsp3) is 1.00. The first-order chi connectivity index (χ1) is 8.03. The maximum absolute atomic E-state index is 11.5. The van der Waals surface area contributed by atoms with Crippen molar-refractivity contribution >= 4 is 9.84 Å². The Labute approximate surface area is 102 Å². The lowest BCUT2D eigenvalue weighted by molar-refractivity contribution is 0.0800. The fourth-order valence-corrected chi connectivity index (χ4v) is 5.26. The zero-order valence-electron chi connectivity index (χ0n) is 9.88. The van der Waals surface area contributed by atoms with Crippen molar-refractivity contribution in [1.29, 1.82) is 0 Å². The molecule has 3 rings (SSSR count). The van der Waals surface area contributed by atoms with Crippen molar-refractivity contribution in [2.24, 2.45) is 0 Å². The molecule has 0 amide bonds. The highest BCUT2D eigenvalue weighted by Gasteiger charge is 2.42. The summed E-state index contributed by atoms with van der Waals surface area (Å²) in [5, 5.41) is 13.5. The second-order valence-electron chi connectivity index (χ2n) is 5.63. The molecule has 0 aromatic carbocycles. The minimum absolute atomic E-state index is 0.0598. The van der Waals surface area contributed by atoms with E-state index >= 15 is 0 Å². The molecule has 3 fully saturated rings. The Balaban J connectivity index is 1.72. The lowest BCUT2D eigenvalue weighted by Gasteiger charge is -2.31. The molecule has 2 bridgehead atoms. The van der Waals surface area contributed by atoms with Crippen LogP contribution in [0.25, 0.3) is 0 Å². The van der Waals surface area contributed by atoms with Crippen molar-refractivity contribution in [2.75, 3.05) is 24.6 Å². The first kappa shape index (κ1) is 11.9. The van der Waals surface area contributed by atoms with Crippen molar-refractivity contribution in [3.8, 4) is 0 Å². The van der Waals surface area contributed by atoms with E-state index in [-0.39, 0.29) is 17.5 Å². The summed E-state index contributed by atoms with van der Waals surface area (Å²) in [6, 6.07) is 0.902. The van der Waals surface area contributed by atoms with Crippen molar-refractivity contribution in [1.82, 2.24) is 10.2 Å². The van der Waals surface area contributed by atoms with Crippen molar-refractivity contribution in [3.05, 3.63) is 0 Å². The highest BCUT2D eigenvalue weighted by Crippen LogP contribution is 2.25. The molecule has 0 aromatic rings. The maximum atomic E-state index is 11.5. The molecule has 0 aromatic heterocycles. The van der Waals surface area contributed by atoms with Gasteiger partial charge in [-0.2, -0.15) is 0 Å². The fourth-order valence-electron chi connectivity index (χ4n) is 3.43. The number of hydrogen-bond donors (Lipinski definition) is 2. The van der Waals surface area contributed by atoms with Crippen LogP contribution in [-0.2, 0) is 9.84 Å². The molecular weight excluding hydrogens is 240 g/mol. The summed E-state index contributed by atoms with van der Waals surface area (Å²) in [4.78, 5) is 2.19. The van der Waals surface area contributed by atoms with E-state index in [1.165, 1.54) is 12.8 Å². The molecule has 4 unspecified atom stereocenters. The van der Waals surface area contributed by atoms with Gasteiger partial charge in [-0.05, 0) is 19.3 Å². The smallest absolute Gasteiger partial charge is 0.154 e. The van der Waals surface area contributed by atoms with Gasteiger partial charge in [0, 0.05) is 25.2 Å². The number of sulfone groups is 1. The number of likely N-dealkylation sites (tertiary alicyclic amines) is 1. The number of rotatable bonds is 1. The molecule has 98 valence electrons. The second kappa shape index (κ2) is 4.19. The number of hydrogen-bond acceptors (Lipinski definition) is 5. The van der Waals surface area contributed by atoms with Gasteiger partial charge in [-0.15, -0.1) is 0 Å². The van der Waals surface area contributed by atoms with Crippen LogP contribution in [0.1, 0.15) is 19.3 Å². The summed E-state index contributed by atoms with van der Waals surface area (Å²) in [5.41, 5.74) is 0. The minimum Gasteiger partial charge on any atom is -0.390 e. The van der Waals surface area contributed by atoms with E-state index < -0.39 is 15.9 Å². The third-order valence-electron chi connectivity index (χ3n) is 4.32. The number of fused-ring (bicyclic) bond motifs is 2. The van der Waals surface area contributed by atoms with Gasteiger partial charge in [-0.25, -0.2) is 8.42 Å². The van der Waals surface area contributed by atoms with E-state index in [0.717, 1.165) is 19.5 Å². The van der Waals surface area contributed by atoms with Crippen LogP contribution in [0.4, 0.5) is 0 Å². The van der Waals surface area contributed by atoms with Crippen LogP contribution in [0, 0.1) is 0 Å². The number of aliphatic hydroxyl groups excluding tert-OH is 1. The van der Waals surface area contributed by atoms with Gasteiger partial charge in [0.1, 0.15) is 0 Å². The molecule has 3 saturated heterocycles. The van der Waals surface area contributed by atoms with E-state index in [1.807, 2.05) is 0 Å². The summed E-state index contributed by atoms with van der Waals surface area (Å²) in [5.74, 6) is 0.0707. The van der Waals surface area contributed by atoms with Gasteiger partial charge >= 0.3 is 0 Å². The van der Waals surface area contributed by atoms with E-state index in [1.54, 1.807) is 0 Å². The Bertz CT molecular complexity index is 398. The zero-order valence-corrected chi connectivity index (χ0v) is 10.7. The molecule has 5 nitrogen and oxygen atoms in total. The van der Waals surface area contributed by atoms with Crippen LogP contribution < -0.4 is 5.32 Å². The van der Waals surface area contributed by atoms with Crippen LogP contribution in [0.15, 0.2) is 0 Å². The minimum atomic E-state index is -3.03. The Morgan fingerprint density at radius 1 is 1.12 bits per heavy atom. The third-order valence-corrected chi connectivity index (χ3v) is 6.02. The van der Waals surface area contributed by atoms with Crippen molar-refractivity contribution in [3.63, 3.8) is 0 Å². The molecule has 0 radical (unpaired) electrons. The van der Waals surface area contributed by atoms with Gasteiger partial charge in [-0.3, -0.25) is 4.90 Å². The Kier molecular flexibility index (Phi) is 2.93. The highest BCUT2D eigenvalue weighted by molar-refractivity contribution is 7.91. The van der Waals surface area contributed by atoms with Gasteiger partial charge in [0.25, 0.3) is 0 Å². The summed E-state index contributed by atoms with van der Waals surface area (Å²) in [6.07, 6.45) is 2.79. The molecule has 0 spiro atoms. The summed E-state index contributed by atoms with van der Waals surface area (Å²) >= 11 is 0. The number of nitrogens with one attached hydrogen (secondary N) is 1. The predicted octanol–water partition coefficient (Wildman–Crippen LogP) is -1.03. The van der Waals surface area contributed by atoms with Crippen LogP contribution in [-0.4, -0.2) is 67.2 Å². The summed E-state index contributed by atoms with van der Waals surface area (Å²) < 4.78 is 23.1. The van der Waals surface area contributed by atoms with E-state index in [0.29, 0.717) is 12.1 Å². The zero-order chi connectivity index (χ0) is 12.0. The molecule has 3 aliphatic rings. The van der Waals surface area contributed by atoms with E-state index in [2.05, 4.69) is 10.2 Å². The Morgan fingerprint density at radius 3 is 2.59 bits per heavy atom. The average Bonchev–Trinajstić information content (AvgIpc) is 2.67. The van der Waals surface area contributed by atoms with E-state index in [9.17, 15) is 13.5 Å². The number of aliphatic hydroxyl groups is 1. The van der Waals surface area contributed by atoms with Gasteiger partial charge in [0.2, 0.25) is 0 Å². The Morgan fingerprint density at radius 2 is 1.88 bits per heavy atom. The van der Waals surface area contributed by atoms with Gasteiger partial charge in [0.05, 0.1) is 23.7 Å².